The molecule has 0 bridgehead atoms. The zero-order valence-corrected chi connectivity index (χ0v) is 17.6. The second kappa shape index (κ2) is 7.95. The van der Waals surface area contributed by atoms with E-state index in [1.807, 2.05) is 42.1 Å². The van der Waals surface area contributed by atoms with Gasteiger partial charge in [-0.25, -0.2) is 8.97 Å². The molecule has 0 amide bonds. The summed E-state index contributed by atoms with van der Waals surface area (Å²) in [6, 6.07) is 17.7. The van der Waals surface area contributed by atoms with Crippen molar-refractivity contribution < 1.29 is 34.5 Å². The van der Waals surface area contributed by atoms with Crippen LogP contribution < -0.4 is 12.4 Å². The summed E-state index contributed by atoms with van der Waals surface area (Å²) in [5, 5.41) is 0.669. The van der Waals surface area contributed by atoms with Crippen molar-refractivity contribution >= 4 is 34.0 Å². The smallest absolute Gasteiger partial charge is 0.416 e. The number of fused-ring (bicyclic) bond motifs is 2. The topological polar surface area (TPSA) is 18.8 Å². The van der Waals surface area contributed by atoms with Gasteiger partial charge < -0.3 is 17.4 Å². The Bertz CT molecular complexity index is 1380. The average molecular weight is 457 g/mol. The Labute approximate surface area is 187 Å². The number of aromatic amines is 1. The van der Waals surface area contributed by atoms with Crippen molar-refractivity contribution in [2.45, 2.75) is 6.18 Å². The molecule has 0 fully saturated rings. The highest BCUT2D eigenvalue weighted by molar-refractivity contribution is 6.25. The largest absolute Gasteiger partial charge is 1.00 e. The molecular weight excluding hydrogens is 440 g/mol. The van der Waals surface area contributed by atoms with Crippen LogP contribution >= 0.6 is 0 Å². The maximum Gasteiger partial charge on any atom is 0.416 e. The molecule has 5 rings (SSSR count). The lowest BCUT2D eigenvalue weighted by Crippen LogP contribution is -3.00. The van der Waals surface area contributed by atoms with E-state index in [2.05, 4.69) is 4.98 Å². The van der Waals surface area contributed by atoms with Crippen LogP contribution in [0.5, 0.6) is 0 Å². The summed E-state index contributed by atoms with van der Waals surface area (Å²) in [7, 11) is 1.92. The van der Waals surface area contributed by atoms with Crippen LogP contribution in [0.2, 0.25) is 0 Å². The number of nitrogens with zero attached hydrogens (tertiary/aromatic N) is 1. The van der Waals surface area contributed by atoms with E-state index in [9.17, 15) is 17.6 Å². The van der Waals surface area contributed by atoms with E-state index in [0.717, 1.165) is 40.1 Å². The zero-order chi connectivity index (χ0) is 21.8. The van der Waals surface area contributed by atoms with Crippen molar-refractivity contribution in [2.75, 3.05) is 7.05 Å². The Hall–Kier alpha value is -3.38. The molecule has 0 spiro atoms. The van der Waals surface area contributed by atoms with Crippen LogP contribution in [0, 0.1) is 5.82 Å². The van der Waals surface area contributed by atoms with Gasteiger partial charge in [0.25, 0.3) is 0 Å². The molecule has 0 radical (unpaired) electrons. The Balaban J connectivity index is 0.00000245. The van der Waals surface area contributed by atoms with Gasteiger partial charge in [-0.2, -0.15) is 13.2 Å². The third-order valence-corrected chi connectivity index (χ3v) is 5.60. The van der Waals surface area contributed by atoms with Crippen molar-refractivity contribution in [1.29, 1.82) is 0 Å². The summed E-state index contributed by atoms with van der Waals surface area (Å²) in [4.78, 5) is 2.98. The van der Waals surface area contributed by atoms with E-state index in [1.165, 1.54) is 18.2 Å². The molecule has 1 N–H and O–H groups in total. The molecule has 0 atom stereocenters. The highest BCUT2D eigenvalue weighted by Crippen LogP contribution is 2.41. The number of nitrogens with one attached hydrogen (secondary N) is 1. The van der Waals surface area contributed by atoms with Crippen LogP contribution in [0.25, 0.3) is 22.0 Å². The molecule has 162 valence electrons. The summed E-state index contributed by atoms with van der Waals surface area (Å²) in [6.45, 7) is 0. The number of halogens is 5. The van der Waals surface area contributed by atoms with Crippen molar-refractivity contribution in [3.05, 3.63) is 101 Å². The Morgan fingerprint density at radius 3 is 2.34 bits per heavy atom. The first-order valence-corrected chi connectivity index (χ1v) is 9.69. The molecular formula is C25H17ClF4N2. The number of hydrogen-bond acceptors (Lipinski definition) is 0. The monoisotopic (exact) mass is 456 g/mol. The average Bonchev–Trinajstić information content (AvgIpc) is 3.32. The fourth-order valence-corrected chi connectivity index (χ4v) is 4.15. The first kappa shape index (κ1) is 21.8. The number of allylic oxidation sites excluding steroid dienone is 1. The summed E-state index contributed by atoms with van der Waals surface area (Å²) < 4.78 is 55.7. The van der Waals surface area contributed by atoms with Gasteiger partial charge in [-0.05, 0) is 29.8 Å². The molecule has 3 aromatic carbocycles. The van der Waals surface area contributed by atoms with Gasteiger partial charge in [0.2, 0.25) is 5.69 Å². The van der Waals surface area contributed by atoms with E-state index in [4.69, 9.17) is 0 Å². The number of H-pyrrole nitrogens is 1. The predicted molar refractivity (Wildman–Crippen MR) is 114 cm³/mol. The number of hydrogen-bond donors (Lipinski definition) is 1. The number of rotatable bonds is 2. The molecule has 1 aliphatic heterocycles. The van der Waals surface area contributed by atoms with Gasteiger partial charge in [-0.1, -0.05) is 36.4 Å². The first-order valence-electron chi connectivity index (χ1n) is 9.69. The molecule has 7 heteroatoms. The van der Waals surface area contributed by atoms with Crippen molar-refractivity contribution in [3.8, 4) is 0 Å². The van der Waals surface area contributed by atoms with Crippen LogP contribution in [-0.2, 0) is 6.18 Å². The lowest BCUT2D eigenvalue weighted by Gasteiger charge is -2.12. The van der Waals surface area contributed by atoms with Crippen molar-refractivity contribution in [2.24, 2.45) is 0 Å². The van der Waals surface area contributed by atoms with Crippen molar-refractivity contribution in [1.82, 2.24) is 4.98 Å². The van der Waals surface area contributed by atoms with Crippen LogP contribution in [-0.4, -0.2) is 22.8 Å². The fourth-order valence-electron chi connectivity index (χ4n) is 4.15. The molecule has 2 nitrogen and oxygen atoms in total. The second-order valence-corrected chi connectivity index (χ2v) is 7.49. The van der Waals surface area contributed by atoms with Gasteiger partial charge in [-0.15, -0.1) is 0 Å². The third kappa shape index (κ3) is 3.50. The quantitative estimate of drug-likeness (QED) is 0.351. The minimum absolute atomic E-state index is 0. The predicted octanol–water partition coefficient (Wildman–Crippen LogP) is 3.65. The lowest BCUT2D eigenvalue weighted by molar-refractivity contribution is -0.395. The van der Waals surface area contributed by atoms with Crippen molar-refractivity contribution in [3.63, 3.8) is 0 Å². The van der Waals surface area contributed by atoms with Gasteiger partial charge in [0, 0.05) is 28.8 Å². The van der Waals surface area contributed by atoms with Gasteiger partial charge in [0.05, 0.1) is 22.2 Å². The van der Waals surface area contributed by atoms with Gasteiger partial charge in [-0.3, -0.25) is 0 Å². The van der Waals surface area contributed by atoms with E-state index < -0.39 is 11.7 Å². The SMILES string of the molecule is C[N+]1=CC(=C(c2ccc(C(F)(F)F)cc2)c2c[nH]c3c(F)cccc23)c2ccccc21.[Cl-]. The molecule has 0 saturated heterocycles. The molecule has 0 unspecified atom stereocenters. The summed E-state index contributed by atoms with van der Waals surface area (Å²) in [5.74, 6) is -0.381. The summed E-state index contributed by atoms with van der Waals surface area (Å²) in [6.07, 6.45) is -0.750. The van der Waals surface area contributed by atoms with E-state index in [1.54, 1.807) is 18.3 Å². The van der Waals surface area contributed by atoms with Crippen LogP contribution in [0.15, 0.2) is 72.9 Å². The normalized spacial score (nSPS) is 14.7. The Morgan fingerprint density at radius 1 is 0.906 bits per heavy atom. The second-order valence-electron chi connectivity index (χ2n) is 7.49. The Morgan fingerprint density at radius 2 is 1.62 bits per heavy atom. The van der Waals surface area contributed by atoms with Gasteiger partial charge in [0.15, 0.2) is 6.21 Å². The first-order chi connectivity index (χ1) is 14.8. The standard InChI is InChI=1S/C25H16F4N2.ClH/c1-31-14-20(17-5-2-3-8-22(17)31)23(15-9-11-16(12-10-15)25(27,28)29)19-13-30-24-18(19)6-4-7-21(24)26;/h2-14H,1H3;1H. The number of alkyl halides is 3. The summed E-state index contributed by atoms with van der Waals surface area (Å²) in [5.41, 5.74) is 4.56. The highest BCUT2D eigenvalue weighted by atomic mass is 35.5. The summed E-state index contributed by atoms with van der Waals surface area (Å²) >= 11 is 0. The van der Waals surface area contributed by atoms with Gasteiger partial charge in [0.1, 0.15) is 12.9 Å². The van der Waals surface area contributed by atoms with E-state index in [0.29, 0.717) is 16.5 Å². The lowest BCUT2D eigenvalue weighted by atomic mass is 9.89. The molecule has 0 aliphatic carbocycles. The molecule has 4 aromatic rings. The molecule has 1 aromatic heterocycles. The maximum atomic E-state index is 14.3. The van der Waals surface area contributed by atoms with Crippen LogP contribution in [0.1, 0.15) is 22.3 Å². The van der Waals surface area contributed by atoms with Crippen LogP contribution in [0.3, 0.4) is 0 Å². The molecule has 2 heterocycles. The fraction of sp³-hybridized carbons (Fsp3) is 0.0800. The maximum absolute atomic E-state index is 14.3. The number of benzene rings is 3. The highest BCUT2D eigenvalue weighted by Gasteiger charge is 2.31. The van der Waals surface area contributed by atoms with E-state index in [-0.39, 0.29) is 18.2 Å². The Kier molecular flexibility index (Phi) is 5.42. The minimum atomic E-state index is -4.41. The third-order valence-electron chi connectivity index (χ3n) is 5.60. The number of aromatic nitrogens is 1. The van der Waals surface area contributed by atoms with Crippen LogP contribution in [0.4, 0.5) is 23.2 Å². The number of para-hydroxylation sites is 2. The van der Waals surface area contributed by atoms with Gasteiger partial charge >= 0.3 is 6.18 Å². The molecule has 32 heavy (non-hydrogen) atoms. The minimum Gasteiger partial charge on any atom is -1.00 e. The zero-order valence-electron chi connectivity index (χ0n) is 16.8. The molecule has 0 saturated carbocycles. The van der Waals surface area contributed by atoms with E-state index >= 15 is 0 Å². The molecule has 1 aliphatic rings.